The molecule has 0 aliphatic carbocycles. The summed E-state index contributed by atoms with van der Waals surface area (Å²) in [5.41, 5.74) is 0. The number of halogens is 3. The van der Waals surface area contributed by atoms with Gasteiger partial charge in [-0.3, -0.25) is 0 Å². The maximum absolute atomic E-state index is 13.3. The molecule has 1 aliphatic heterocycles. The van der Waals surface area contributed by atoms with Crippen LogP contribution in [0, 0.1) is 11.6 Å². The van der Waals surface area contributed by atoms with Crippen molar-refractivity contribution < 1.29 is 21.9 Å². The van der Waals surface area contributed by atoms with Gasteiger partial charge >= 0.3 is 6.01 Å². The Balaban J connectivity index is 1.75. The Morgan fingerprint density at radius 1 is 1.24 bits per heavy atom. The van der Waals surface area contributed by atoms with Gasteiger partial charge in [-0.1, -0.05) is 11.6 Å². The van der Waals surface area contributed by atoms with Gasteiger partial charge in [-0.15, -0.1) is 0 Å². The number of sulfonamides is 1. The highest BCUT2D eigenvalue weighted by Crippen LogP contribution is 2.25. The van der Waals surface area contributed by atoms with Gasteiger partial charge in [-0.25, -0.2) is 27.2 Å². The van der Waals surface area contributed by atoms with Gasteiger partial charge in [0, 0.05) is 6.54 Å². The molecule has 134 valence electrons. The molecule has 0 amide bonds. The standard InChI is InChI=1S/C15H14ClF2N3O3S/c16-13-6-12(3-4-14(13)18)25(22,23)21-5-1-2-11(9-21)24-15-19-7-10(17)8-20-15/h3-4,6-8,11H,1-2,5,9H2. The molecule has 0 spiro atoms. The van der Waals surface area contributed by atoms with Crippen molar-refractivity contribution >= 4 is 21.6 Å². The highest BCUT2D eigenvalue weighted by Gasteiger charge is 2.32. The molecule has 1 aromatic carbocycles. The Labute approximate surface area is 148 Å². The van der Waals surface area contributed by atoms with Crippen molar-refractivity contribution in [2.45, 2.75) is 23.8 Å². The van der Waals surface area contributed by atoms with E-state index in [4.69, 9.17) is 16.3 Å². The van der Waals surface area contributed by atoms with Crippen LogP contribution in [-0.2, 0) is 10.0 Å². The van der Waals surface area contributed by atoms with E-state index in [1.54, 1.807) is 0 Å². The molecule has 0 bridgehead atoms. The molecule has 1 aliphatic rings. The Morgan fingerprint density at radius 3 is 2.64 bits per heavy atom. The van der Waals surface area contributed by atoms with Crippen LogP contribution in [0.1, 0.15) is 12.8 Å². The number of nitrogens with zero attached hydrogens (tertiary/aromatic N) is 3. The summed E-state index contributed by atoms with van der Waals surface area (Å²) in [5, 5.41) is -0.259. The first-order valence-corrected chi connectivity index (χ1v) is 9.27. The van der Waals surface area contributed by atoms with E-state index >= 15 is 0 Å². The molecule has 25 heavy (non-hydrogen) atoms. The molecule has 1 saturated heterocycles. The molecule has 2 heterocycles. The monoisotopic (exact) mass is 389 g/mol. The fourth-order valence-corrected chi connectivity index (χ4v) is 4.30. The van der Waals surface area contributed by atoms with Crippen LogP contribution in [0.5, 0.6) is 6.01 Å². The largest absolute Gasteiger partial charge is 0.459 e. The lowest BCUT2D eigenvalue weighted by Crippen LogP contribution is -2.44. The molecule has 2 aromatic rings. The normalized spacial score (nSPS) is 18.9. The highest BCUT2D eigenvalue weighted by molar-refractivity contribution is 7.89. The van der Waals surface area contributed by atoms with Crippen LogP contribution in [0.15, 0.2) is 35.5 Å². The summed E-state index contributed by atoms with van der Waals surface area (Å²) in [4.78, 5) is 7.32. The number of hydrogen-bond acceptors (Lipinski definition) is 5. The number of ether oxygens (including phenoxy) is 1. The molecule has 0 radical (unpaired) electrons. The fourth-order valence-electron chi connectivity index (χ4n) is 2.52. The second kappa shape index (κ2) is 7.19. The molecular formula is C15H14ClF2N3O3S. The van der Waals surface area contributed by atoms with Crippen LogP contribution in [-0.4, -0.2) is 41.9 Å². The smallest absolute Gasteiger partial charge is 0.316 e. The number of piperidine rings is 1. The quantitative estimate of drug-likeness (QED) is 0.803. The summed E-state index contributed by atoms with van der Waals surface area (Å²) < 4.78 is 58.3. The lowest BCUT2D eigenvalue weighted by atomic mass is 10.1. The van der Waals surface area contributed by atoms with Crippen LogP contribution >= 0.6 is 11.6 Å². The average Bonchev–Trinajstić information content (AvgIpc) is 2.59. The second-order valence-electron chi connectivity index (χ2n) is 5.50. The summed E-state index contributed by atoms with van der Waals surface area (Å²) in [6.07, 6.45) is 2.65. The zero-order chi connectivity index (χ0) is 18.0. The number of aromatic nitrogens is 2. The Hall–Kier alpha value is -1.84. The molecule has 1 atom stereocenters. The first-order valence-electron chi connectivity index (χ1n) is 7.45. The average molecular weight is 390 g/mol. The van der Waals surface area contributed by atoms with E-state index in [-0.39, 0.29) is 22.5 Å². The van der Waals surface area contributed by atoms with Crippen molar-refractivity contribution in [2.75, 3.05) is 13.1 Å². The molecule has 1 aromatic heterocycles. The van der Waals surface area contributed by atoms with E-state index in [1.165, 1.54) is 10.4 Å². The highest BCUT2D eigenvalue weighted by atomic mass is 35.5. The van der Waals surface area contributed by atoms with Crippen molar-refractivity contribution in [3.8, 4) is 6.01 Å². The van der Waals surface area contributed by atoms with Crippen LogP contribution in [0.3, 0.4) is 0 Å². The summed E-state index contributed by atoms with van der Waals surface area (Å²) in [6, 6.07) is 3.25. The maximum Gasteiger partial charge on any atom is 0.316 e. The lowest BCUT2D eigenvalue weighted by Gasteiger charge is -2.31. The van der Waals surface area contributed by atoms with E-state index in [2.05, 4.69) is 9.97 Å². The third kappa shape index (κ3) is 4.05. The second-order valence-corrected chi connectivity index (χ2v) is 7.85. The molecule has 6 nitrogen and oxygen atoms in total. The van der Waals surface area contributed by atoms with Crippen LogP contribution in [0.4, 0.5) is 8.78 Å². The summed E-state index contributed by atoms with van der Waals surface area (Å²) >= 11 is 5.68. The number of benzene rings is 1. The van der Waals surface area contributed by atoms with Gasteiger partial charge in [-0.05, 0) is 31.0 Å². The van der Waals surface area contributed by atoms with Crippen LogP contribution in [0.25, 0.3) is 0 Å². The predicted octanol–water partition coefficient (Wildman–Crippen LogP) is 2.64. The minimum atomic E-state index is -3.83. The SMILES string of the molecule is O=S(=O)(c1ccc(F)c(Cl)c1)N1CCCC(Oc2ncc(F)cn2)C1. The van der Waals surface area contributed by atoms with E-state index < -0.39 is 27.8 Å². The summed E-state index contributed by atoms with van der Waals surface area (Å²) in [5.74, 6) is -1.28. The third-order valence-corrected chi connectivity index (χ3v) is 5.89. The van der Waals surface area contributed by atoms with Crippen molar-refractivity contribution in [3.05, 3.63) is 47.2 Å². The van der Waals surface area contributed by atoms with Crippen LogP contribution in [0.2, 0.25) is 5.02 Å². The zero-order valence-corrected chi connectivity index (χ0v) is 14.5. The molecule has 0 N–H and O–H groups in total. The number of rotatable bonds is 4. The lowest BCUT2D eigenvalue weighted by molar-refractivity contribution is 0.119. The van der Waals surface area contributed by atoms with Crippen molar-refractivity contribution in [2.24, 2.45) is 0 Å². The van der Waals surface area contributed by atoms with Gasteiger partial charge < -0.3 is 4.74 Å². The Bertz CT molecular complexity index is 865. The zero-order valence-electron chi connectivity index (χ0n) is 12.9. The first kappa shape index (κ1) is 18.0. The molecule has 10 heteroatoms. The minimum Gasteiger partial charge on any atom is -0.459 e. The van der Waals surface area contributed by atoms with Gasteiger partial charge in [0.25, 0.3) is 0 Å². The molecule has 1 fully saturated rings. The van der Waals surface area contributed by atoms with Gasteiger partial charge in [-0.2, -0.15) is 4.31 Å². The van der Waals surface area contributed by atoms with Gasteiger partial charge in [0.2, 0.25) is 10.0 Å². The number of hydrogen-bond donors (Lipinski definition) is 0. The van der Waals surface area contributed by atoms with E-state index in [9.17, 15) is 17.2 Å². The van der Waals surface area contributed by atoms with E-state index in [0.29, 0.717) is 19.4 Å². The molecule has 1 unspecified atom stereocenters. The third-order valence-electron chi connectivity index (χ3n) is 3.74. The summed E-state index contributed by atoms with van der Waals surface area (Å²) in [7, 11) is -3.83. The fraction of sp³-hybridized carbons (Fsp3) is 0.333. The molecule has 3 rings (SSSR count). The molecule has 0 saturated carbocycles. The van der Waals surface area contributed by atoms with E-state index in [0.717, 1.165) is 24.5 Å². The first-order chi connectivity index (χ1) is 11.9. The van der Waals surface area contributed by atoms with Gasteiger partial charge in [0.1, 0.15) is 11.9 Å². The Morgan fingerprint density at radius 2 is 1.96 bits per heavy atom. The summed E-state index contributed by atoms with van der Waals surface area (Å²) in [6.45, 7) is 0.388. The van der Waals surface area contributed by atoms with Crippen molar-refractivity contribution in [3.63, 3.8) is 0 Å². The molecular weight excluding hydrogens is 376 g/mol. The minimum absolute atomic E-state index is 0.0181. The van der Waals surface area contributed by atoms with Crippen molar-refractivity contribution in [1.82, 2.24) is 14.3 Å². The van der Waals surface area contributed by atoms with E-state index in [1.807, 2.05) is 0 Å². The topological polar surface area (TPSA) is 72.4 Å². The van der Waals surface area contributed by atoms with Gasteiger partial charge in [0.05, 0.1) is 28.9 Å². The maximum atomic E-state index is 13.3. The van der Waals surface area contributed by atoms with Gasteiger partial charge in [0.15, 0.2) is 5.82 Å². The Kier molecular flexibility index (Phi) is 5.16. The van der Waals surface area contributed by atoms with Crippen molar-refractivity contribution in [1.29, 1.82) is 0 Å². The predicted molar refractivity (Wildman–Crippen MR) is 85.8 cm³/mol. The van der Waals surface area contributed by atoms with Crippen LogP contribution < -0.4 is 4.74 Å².